The SMILES string of the molecule is CCNC1(C(=O)O)CCC(N2CCN(C)CC2)C1. The Hall–Kier alpha value is -0.650. The van der Waals surface area contributed by atoms with Crippen LogP contribution in [0.1, 0.15) is 26.2 Å². The Bertz CT molecular complexity index is 303. The molecule has 1 aliphatic carbocycles. The van der Waals surface area contributed by atoms with Crippen molar-refractivity contribution in [3.63, 3.8) is 0 Å². The summed E-state index contributed by atoms with van der Waals surface area (Å²) in [5, 5.41) is 12.7. The van der Waals surface area contributed by atoms with Gasteiger partial charge >= 0.3 is 5.97 Å². The third-order valence-corrected chi connectivity index (χ3v) is 4.47. The Labute approximate surface area is 109 Å². The molecule has 2 atom stereocenters. The predicted octanol–water partition coefficient (Wildman–Crippen LogP) is 0.219. The molecule has 0 aromatic heterocycles. The molecular formula is C13H25N3O2. The van der Waals surface area contributed by atoms with Crippen molar-refractivity contribution < 1.29 is 9.90 Å². The van der Waals surface area contributed by atoms with Crippen LogP contribution in [-0.2, 0) is 4.79 Å². The molecule has 104 valence electrons. The minimum atomic E-state index is -0.680. The first-order valence-electron chi connectivity index (χ1n) is 6.98. The molecule has 0 amide bonds. The van der Waals surface area contributed by atoms with Crippen molar-refractivity contribution in [1.82, 2.24) is 15.1 Å². The lowest BCUT2D eigenvalue weighted by molar-refractivity contribution is -0.144. The van der Waals surface area contributed by atoms with Crippen LogP contribution in [0.2, 0.25) is 0 Å². The molecule has 18 heavy (non-hydrogen) atoms. The number of carbonyl (C=O) groups is 1. The van der Waals surface area contributed by atoms with Gasteiger partial charge in [0.2, 0.25) is 0 Å². The van der Waals surface area contributed by atoms with Gasteiger partial charge in [-0.25, -0.2) is 0 Å². The van der Waals surface area contributed by atoms with E-state index < -0.39 is 11.5 Å². The van der Waals surface area contributed by atoms with Crippen LogP contribution in [0.25, 0.3) is 0 Å². The van der Waals surface area contributed by atoms with Crippen molar-refractivity contribution >= 4 is 5.97 Å². The van der Waals surface area contributed by atoms with Crippen LogP contribution in [-0.4, -0.2) is 72.2 Å². The number of hydrogen-bond donors (Lipinski definition) is 2. The average Bonchev–Trinajstić information content (AvgIpc) is 2.76. The maximum Gasteiger partial charge on any atom is 0.323 e. The lowest BCUT2D eigenvalue weighted by Crippen LogP contribution is -2.53. The fourth-order valence-corrected chi connectivity index (χ4v) is 3.29. The number of hydrogen-bond acceptors (Lipinski definition) is 4. The van der Waals surface area contributed by atoms with Gasteiger partial charge < -0.3 is 15.3 Å². The Morgan fingerprint density at radius 3 is 2.61 bits per heavy atom. The van der Waals surface area contributed by atoms with Crippen LogP contribution in [0.5, 0.6) is 0 Å². The summed E-state index contributed by atoms with van der Waals surface area (Å²) in [6.07, 6.45) is 2.51. The predicted molar refractivity (Wildman–Crippen MR) is 70.8 cm³/mol. The molecule has 2 rings (SSSR count). The molecule has 1 saturated carbocycles. The van der Waals surface area contributed by atoms with E-state index in [-0.39, 0.29) is 0 Å². The van der Waals surface area contributed by atoms with E-state index in [0.29, 0.717) is 6.04 Å². The Morgan fingerprint density at radius 2 is 2.06 bits per heavy atom. The molecule has 2 unspecified atom stereocenters. The highest BCUT2D eigenvalue weighted by Crippen LogP contribution is 2.33. The molecule has 1 aliphatic heterocycles. The fourth-order valence-electron chi connectivity index (χ4n) is 3.29. The maximum absolute atomic E-state index is 11.5. The third-order valence-electron chi connectivity index (χ3n) is 4.47. The van der Waals surface area contributed by atoms with Gasteiger partial charge in [-0.1, -0.05) is 6.92 Å². The van der Waals surface area contributed by atoms with Gasteiger partial charge in [-0.3, -0.25) is 9.69 Å². The zero-order chi connectivity index (χ0) is 13.2. The number of likely N-dealkylation sites (N-methyl/N-ethyl adjacent to an activating group) is 2. The number of rotatable bonds is 4. The Kier molecular flexibility index (Phi) is 4.25. The van der Waals surface area contributed by atoms with Crippen LogP contribution < -0.4 is 5.32 Å². The van der Waals surface area contributed by atoms with Crippen molar-refractivity contribution in [2.75, 3.05) is 39.8 Å². The van der Waals surface area contributed by atoms with Crippen molar-refractivity contribution in [2.45, 2.75) is 37.8 Å². The number of carboxylic acids is 1. The Morgan fingerprint density at radius 1 is 1.39 bits per heavy atom. The minimum absolute atomic E-state index is 0.439. The number of nitrogens with zero attached hydrogens (tertiary/aromatic N) is 2. The van der Waals surface area contributed by atoms with Crippen molar-refractivity contribution in [1.29, 1.82) is 0 Å². The molecule has 0 radical (unpaired) electrons. The van der Waals surface area contributed by atoms with Gasteiger partial charge in [-0.05, 0) is 32.9 Å². The molecule has 0 aromatic rings. The van der Waals surface area contributed by atoms with Crippen LogP contribution in [0, 0.1) is 0 Å². The summed E-state index contributed by atoms with van der Waals surface area (Å²) in [5.74, 6) is -0.680. The van der Waals surface area contributed by atoms with Crippen molar-refractivity contribution in [3.8, 4) is 0 Å². The van der Waals surface area contributed by atoms with E-state index in [4.69, 9.17) is 0 Å². The third kappa shape index (κ3) is 2.68. The normalized spacial score (nSPS) is 34.9. The molecule has 1 heterocycles. The highest BCUT2D eigenvalue weighted by Gasteiger charge is 2.46. The van der Waals surface area contributed by atoms with E-state index in [2.05, 4.69) is 22.2 Å². The van der Waals surface area contributed by atoms with Gasteiger partial charge in [0.05, 0.1) is 0 Å². The monoisotopic (exact) mass is 255 g/mol. The molecule has 1 saturated heterocycles. The molecular weight excluding hydrogens is 230 g/mol. The number of piperazine rings is 1. The van der Waals surface area contributed by atoms with E-state index in [1.54, 1.807) is 0 Å². The van der Waals surface area contributed by atoms with E-state index in [1.165, 1.54) is 0 Å². The largest absolute Gasteiger partial charge is 0.480 e. The van der Waals surface area contributed by atoms with Crippen LogP contribution in [0.4, 0.5) is 0 Å². The smallest absolute Gasteiger partial charge is 0.323 e. The zero-order valence-electron chi connectivity index (χ0n) is 11.5. The molecule has 5 nitrogen and oxygen atoms in total. The van der Waals surface area contributed by atoms with Gasteiger partial charge in [0.25, 0.3) is 0 Å². The van der Waals surface area contributed by atoms with Gasteiger partial charge in [0.15, 0.2) is 0 Å². The summed E-state index contributed by atoms with van der Waals surface area (Å²) in [7, 11) is 2.15. The molecule has 0 aromatic carbocycles. The second kappa shape index (κ2) is 5.55. The second-order valence-electron chi connectivity index (χ2n) is 5.65. The fraction of sp³-hybridized carbons (Fsp3) is 0.923. The number of carboxylic acid groups (broad SMARTS) is 1. The number of nitrogens with one attached hydrogen (secondary N) is 1. The van der Waals surface area contributed by atoms with E-state index in [1.807, 2.05) is 6.92 Å². The summed E-state index contributed by atoms with van der Waals surface area (Å²) >= 11 is 0. The first-order valence-corrected chi connectivity index (χ1v) is 6.98. The lowest BCUT2D eigenvalue weighted by atomic mass is 9.97. The highest BCUT2D eigenvalue weighted by molar-refractivity contribution is 5.79. The highest BCUT2D eigenvalue weighted by atomic mass is 16.4. The molecule has 2 fully saturated rings. The molecule has 2 aliphatic rings. The van der Waals surface area contributed by atoms with Gasteiger partial charge in [0.1, 0.15) is 5.54 Å². The Balaban J connectivity index is 1.96. The number of aliphatic carboxylic acids is 1. The summed E-state index contributed by atoms with van der Waals surface area (Å²) in [4.78, 5) is 16.3. The molecule has 0 spiro atoms. The van der Waals surface area contributed by atoms with Crippen molar-refractivity contribution in [3.05, 3.63) is 0 Å². The second-order valence-corrected chi connectivity index (χ2v) is 5.65. The summed E-state index contributed by atoms with van der Waals surface area (Å²) in [5.41, 5.74) is -0.678. The summed E-state index contributed by atoms with van der Waals surface area (Å²) in [6, 6.07) is 0.439. The van der Waals surface area contributed by atoms with Gasteiger partial charge in [-0.15, -0.1) is 0 Å². The molecule has 0 bridgehead atoms. The van der Waals surface area contributed by atoms with E-state index in [0.717, 1.165) is 52.0 Å². The first kappa shape index (κ1) is 13.8. The molecule has 2 N–H and O–H groups in total. The van der Waals surface area contributed by atoms with E-state index >= 15 is 0 Å². The first-order chi connectivity index (χ1) is 8.57. The van der Waals surface area contributed by atoms with Gasteiger partial charge in [-0.2, -0.15) is 0 Å². The average molecular weight is 255 g/mol. The zero-order valence-corrected chi connectivity index (χ0v) is 11.5. The summed E-state index contributed by atoms with van der Waals surface area (Å²) in [6.45, 7) is 7.04. The van der Waals surface area contributed by atoms with Crippen LogP contribution in [0.3, 0.4) is 0 Å². The topological polar surface area (TPSA) is 55.8 Å². The van der Waals surface area contributed by atoms with Crippen LogP contribution in [0.15, 0.2) is 0 Å². The van der Waals surface area contributed by atoms with Crippen LogP contribution >= 0.6 is 0 Å². The quantitative estimate of drug-likeness (QED) is 0.752. The van der Waals surface area contributed by atoms with Gasteiger partial charge in [0, 0.05) is 32.2 Å². The standard InChI is InChI=1S/C13H25N3O2/c1-3-14-13(12(17)18)5-4-11(10-13)16-8-6-15(2)7-9-16/h11,14H,3-10H2,1-2H3,(H,17,18). The summed E-state index contributed by atoms with van der Waals surface area (Å²) < 4.78 is 0. The lowest BCUT2D eigenvalue weighted by Gasteiger charge is -2.37. The molecule has 5 heteroatoms. The minimum Gasteiger partial charge on any atom is -0.480 e. The van der Waals surface area contributed by atoms with Crippen molar-refractivity contribution in [2.24, 2.45) is 0 Å². The van der Waals surface area contributed by atoms with E-state index in [9.17, 15) is 9.90 Å². The maximum atomic E-state index is 11.5.